The Morgan fingerprint density at radius 2 is 0.724 bits per heavy atom. The molecular formula is C28H50Si. The first-order chi connectivity index (χ1) is 12.0. The predicted octanol–water partition coefficient (Wildman–Crippen LogP) is 10.3. The normalized spacial score (nSPS) is 13.1. The average molecular weight is 415 g/mol. The average Bonchev–Trinajstić information content (AvgIpc) is 2.86. The molecule has 0 aromatic heterocycles. The van der Waals surface area contributed by atoms with Crippen molar-refractivity contribution in [1.29, 1.82) is 0 Å². The molecular weight excluding hydrogens is 364 g/mol. The number of rotatable bonds is 2. The topological polar surface area (TPSA) is 0 Å². The molecule has 2 aromatic carbocycles. The van der Waals surface area contributed by atoms with Crippen LogP contribution in [0, 0.1) is 0 Å². The maximum atomic E-state index is 2.47. The van der Waals surface area contributed by atoms with Crippen LogP contribution in [0.25, 0.3) is 11.1 Å². The van der Waals surface area contributed by atoms with Crippen LogP contribution < -0.4 is 0 Å². The van der Waals surface area contributed by atoms with E-state index in [1.165, 1.54) is 22.3 Å². The standard InChI is InChI=1S/C20H22Si.2C2H6.4CH4/c1-15-19(17-11-7-5-8-12-17)20(16(2)21(15,3)4)18-13-9-6-10-14-18;2*1-2;;;;/h5-14H,1-4H3;2*1-2H3;4*1H4. The second-order valence-corrected chi connectivity index (χ2v) is 11.1. The fraction of sp³-hybridized carbons (Fsp3) is 0.429. The molecule has 1 heteroatoms. The van der Waals surface area contributed by atoms with E-state index in [-0.39, 0.29) is 29.7 Å². The molecule has 0 radical (unpaired) electrons. The molecule has 166 valence electrons. The minimum atomic E-state index is -1.48. The highest BCUT2D eigenvalue weighted by atomic mass is 28.3. The molecule has 2 aromatic rings. The molecule has 3 rings (SSSR count). The van der Waals surface area contributed by atoms with Gasteiger partial charge in [-0.1, -0.05) is 142 Å². The summed E-state index contributed by atoms with van der Waals surface area (Å²) in [6.07, 6.45) is 0. The Hall–Kier alpha value is -1.86. The van der Waals surface area contributed by atoms with E-state index in [4.69, 9.17) is 0 Å². The highest BCUT2D eigenvalue weighted by Gasteiger charge is 2.37. The lowest BCUT2D eigenvalue weighted by atomic mass is 9.92. The maximum absolute atomic E-state index is 2.47. The van der Waals surface area contributed by atoms with Crippen molar-refractivity contribution >= 4 is 19.2 Å². The van der Waals surface area contributed by atoms with E-state index in [1.807, 2.05) is 27.7 Å². The van der Waals surface area contributed by atoms with E-state index >= 15 is 0 Å². The van der Waals surface area contributed by atoms with Crippen molar-refractivity contribution in [3.8, 4) is 0 Å². The van der Waals surface area contributed by atoms with Gasteiger partial charge in [0.15, 0.2) is 0 Å². The van der Waals surface area contributed by atoms with Gasteiger partial charge in [-0.05, 0) is 36.1 Å². The van der Waals surface area contributed by atoms with Crippen molar-refractivity contribution in [2.75, 3.05) is 0 Å². The van der Waals surface area contributed by atoms with E-state index in [0.29, 0.717) is 0 Å². The number of hydrogen-bond donors (Lipinski definition) is 0. The summed E-state index contributed by atoms with van der Waals surface area (Å²) in [7, 11) is -1.48. The van der Waals surface area contributed by atoms with Crippen molar-refractivity contribution in [2.24, 2.45) is 0 Å². The molecule has 1 aliphatic heterocycles. The summed E-state index contributed by atoms with van der Waals surface area (Å²) in [5.74, 6) is 0. The van der Waals surface area contributed by atoms with Crippen LogP contribution in [0.5, 0.6) is 0 Å². The number of allylic oxidation sites excluding steroid dienone is 4. The first-order valence-electron chi connectivity index (χ1n) is 9.57. The van der Waals surface area contributed by atoms with Crippen molar-refractivity contribution in [2.45, 2.75) is 84.3 Å². The molecule has 0 nitrogen and oxygen atoms in total. The molecule has 0 bridgehead atoms. The Labute approximate surface area is 185 Å². The highest BCUT2D eigenvalue weighted by molar-refractivity contribution is 6.94. The predicted molar refractivity (Wildman–Crippen MR) is 145 cm³/mol. The summed E-state index contributed by atoms with van der Waals surface area (Å²) >= 11 is 0. The Morgan fingerprint density at radius 1 is 0.483 bits per heavy atom. The summed E-state index contributed by atoms with van der Waals surface area (Å²) in [5, 5.41) is 3.20. The van der Waals surface area contributed by atoms with Gasteiger partial charge in [-0.15, -0.1) is 0 Å². The van der Waals surface area contributed by atoms with Crippen LogP contribution in [0.4, 0.5) is 0 Å². The van der Waals surface area contributed by atoms with Gasteiger partial charge < -0.3 is 0 Å². The van der Waals surface area contributed by atoms with Gasteiger partial charge in [0.05, 0.1) is 0 Å². The lowest BCUT2D eigenvalue weighted by Gasteiger charge is -2.20. The molecule has 0 saturated carbocycles. The molecule has 0 aliphatic carbocycles. The van der Waals surface area contributed by atoms with Crippen molar-refractivity contribution in [3.05, 3.63) is 82.2 Å². The molecule has 0 amide bonds. The minimum absolute atomic E-state index is 0. The Kier molecular flexibility index (Phi) is 19.1. The van der Waals surface area contributed by atoms with Crippen LogP contribution in [-0.2, 0) is 0 Å². The zero-order valence-corrected chi connectivity index (χ0v) is 18.3. The Morgan fingerprint density at radius 3 is 0.966 bits per heavy atom. The highest BCUT2D eigenvalue weighted by Crippen LogP contribution is 2.47. The van der Waals surface area contributed by atoms with Crippen LogP contribution in [0.3, 0.4) is 0 Å². The minimum Gasteiger partial charge on any atom is -0.0776 e. The fourth-order valence-electron chi connectivity index (χ4n) is 3.21. The Balaban J connectivity index is -0.000000369. The molecule has 0 spiro atoms. The number of benzene rings is 2. The van der Waals surface area contributed by atoms with E-state index in [9.17, 15) is 0 Å². The van der Waals surface area contributed by atoms with Crippen LogP contribution in [0.15, 0.2) is 71.1 Å². The summed E-state index contributed by atoms with van der Waals surface area (Å²) in [5.41, 5.74) is 5.64. The third-order valence-corrected chi connectivity index (χ3v) is 9.25. The van der Waals surface area contributed by atoms with Crippen LogP contribution in [0.2, 0.25) is 13.1 Å². The summed E-state index contributed by atoms with van der Waals surface area (Å²) in [4.78, 5) is 0. The van der Waals surface area contributed by atoms with Gasteiger partial charge in [0.25, 0.3) is 0 Å². The molecule has 29 heavy (non-hydrogen) atoms. The number of hydrogen-bond acceptors (Lipinski definition) is 0. The van der Waals surface area contributed by atoms with E-state index in [1.54, 1.807) is 10.4 Å². The van der Waals surface area contributed by atoms with Gasteiger partial charge in [0.1, 0.15) is 8.07 Å². The second-order valence-electron chi connectivity index (χ2n) is 6.36. The third-order valence-electron chi connectivity index (χ3n) is 5.00. The van der Waals surface area contributed by atoms with E-state index in [2.05, 4.69) is 87.6 Å². The third kappa shape index (κ3) is 7.15. The van der Waals surface area contributed by atoms with Crippen LogP contribution in [-0.4, -0.2) is 8.07 Å². The molecule has 1 aliphatic rings. The lowest BCUT2D eigenvalue weighted by molar-refractivity contribution is 1.50. The van der Waals surface area contributed by atoms with Crippen LogP contribution in [0.1, 0.15) is 82.4 Å². The van der Waals surface area contributed by atoms with Gasteiger partial charge in [-0.3, -0.25) is 0 Å². The summed E-state index contributed by atoms with van der Waals surface area (Å²) < 4.78 is 0. The lowest BCUT2D eigenvalue weighted by Crippen LogP contribution is -2.27. The van der Waals surface area contributed by atoms with Gasteiger partial charge in [-0.25, -0.2) is 0 Å². The van der Waals surface area contributed by atoms with Crippen LogP contribution >= 0.6 is 0 Å². The molecule has 1 heterocycles. The first-order valence-corrected chi connectivity index (χ1v) is 12.6. The second kappa shape index (κ2) is 16.0. The van der Waals surface area contributed by atoms with Crippen molar-refractivity contribution in [1.82, 2.24) is 0 Å². The fourth-order valence-corrected chi connectivity index (χ4v) is 5.56. The SMILES string of the molecule is C.C.C.C.CC.CC.CC1=C(c2ccccc2)C(c2ccccc2)=C(C)[Si]1(C)C. The van der Waals surface area contributed by atoms with Gasteiger partial charge in [0.2, 0.25) is 0 Å². The van der Waals surface area contributed by atoms with E-state index in [0.717, 1.165) is 0 Å². The molecule has 0 atom stereocenters. The van der Waals surface area contributed by atoms with Crippen molar-refractivity contribution < 1.29 is 0 Å². The smallest absolute Gasteiger partial charge is 0.0776 e. The summed E-state index contributed by atoms with van der Waals surface area (Å²) in [6, 6.07) is 21.7. The largest absolute Gasteiger partial charge is 0.103 e. The molecule has 0 fully saturated rings. The zero-order chi connectivity index (χ0) is 19.0. The zero-order valence-electron chi connectivity index (χ0n) is 17.3. The quantitative estimate of drug-likeness (QED) is 0.428. The Bertz CT molecular complexity index is 656. The molecule has 0 unspecified atom stereocenters. The van der Waals surface area contributed by atoms with Gasteiger partial charge in [-0.2, -0.15) is 0 Å². The maximum Gasteiger partial charge on any atom is 0.103 e. The molecule has 0 saturated heterocycles. The first kappa shape index (κ1) is 34.6. The van der Waals surface area contributed by atoms with Gasteiger partial charge >= 0.3 is 0 Å². The molecule has 0 N–H and O–H groups in total. The monoisotopic (exact) mass is 414 g/mol. The van der Waals surface area contributed by atoms with Gasteiger partial charge in [0, 0.05) is 0 Å². The summed E-state index contributed by atoms with van der Waals surface area (Å²) in [6.45, 7) is 17.6. The van der Waals surface area contributed by atoms with E-state index < -0.39 is 8.07 Å². The van der Waals surface area contributed by atoms with Crippen molar-refractivity contribution in [3.63, 3.8) is 0 Å².